The van der Waals surface area contributed by atoms with Gasteiger partial charge >= 0.3 is 0 Å². The molecule has 0 radical (unpaired) electrons. The van der Waals surface area contributed by atoms with Crippen LogP contribution in [0.3, 0.4) is 0 Å². The first kappa shape index (κ1) is 15.1. The third-order valence-corrected chi connectivity index (χ3v) is 5.17. The summed E-state index contributed by atoms with van der Waals surface area (Å²) >= 11 is 5.49. The van der Waals surface area contributed by atoms with Gasteiger partial charge in [0.25, 0.3) is 0 Å². The number of nitrogens with zero attached hydrogens (tertiary/aromatic N) is 1. The fourth-order valence-electron chi connectivity index (χ4n) is 2.58. The van der Waals surface area contributed by atoms with Crippen LogP contribution in [-0.2, 0) is 13.1 Å². The van der Waals surface area contributed by atoms with E-state index in [4.69, 9.17) is 0 Å². The van der Waals surface area contributed by atoms with Crippen LogP contribution >= 0.6 is 27.3 Å². The highest BCUT2D eigenvalue weighted by atomic mass is 79.9. The van der Waals surface area contributed by atoms with E-state index in [9.17, 15) is 0 Å². The van der Waals surface area contributed by atoms with Crippen molar-refractivity contribution >= 4 is 33.0 Å². The molecule has 4 heteroatoms. The molecule has 21 heavy (non-hydrogen) atoms. The fourth-order valence-corrected chi connectivity index (χ4v) is 3.63. The zero-order valence-electron chi connectivity index (χ0n) is 12.3. The van der Waals surface area contributed by atoms with Gasteiger partial charge in [0.15, 0.2) is 0 Å². The van der Waals surface area contributed by atoms with Crippen molar-refractivity contribution in [1.29, 1.82) is 0 Å². The highest BCUT2D eigenvalue weighted by Crippen LogP contribution is 2.36. The van der Waals surface area contributed by atoms with Crippen molar-refractivity contribution in [2.24, 2.45) is 0 Å². The van der Waals surface area contributed by atoms with Gasteiger partial charge in [0.2, 0.25) is 0 Å². The molecule has 1 aliphatic carbocycles. The lowest BCUT2D eigenvalue weighted by molar-refractivity contribution is 0.715. The molecular formula is C17H21BrN2S. The quantitative estimate of drug-likeness (QED) is 0.759. The molecule has 2 nitrogen and oxygen atoms in total. The molecule has 3 rings (SSSR count). The molecule has 0 bridgehead atoms. The summed E-state index contributed by atoms with van der Waals surface area (Å²) < 4.78 is 1.16. The largest absolute Gasteiger partial charge is 0.363 e. The number of nitrogens with one attached hydrogen (secondary N) is 1. The molecule has 1 aromatic carbocycles. The van der Waals surface area contributed by atoms with Crippen molar-refractivity contribution in [2.45, 2.75) is 38.9 Å². The maximum absolute atomic E-state index is 3.64. The maximum atomic E-state index is 3.64. The minimum atomic E-state index is 0.710. The summed E-state index contributed by atoms with van der Waals surface area (Å²) in [6.07, 6.45) is 2.64. The van der Waals surface area contributed by atoms with Gasteiger partial charge in [0, 0.05) is 27.6 Å². The van der Waals surface area contributed by atoms with Crippen molar-refractivity contribution in [3.05, 3.63) is 50.6 Å². The second kappa shape index (κ2) is 6.95. The van der Waals surface area contributed by atoms with Gasteiger partial charge in [-0.15, -0.1) is 11.3 Å². The molecule has 0 amide bonds. The Labute approximate surface area is 139 Å². The molecule has 1 N–H and O–H groups in total. The predicted octanol–water partition coefficient (Wildman–Crippen LogP) is 4.79. The Kier molecular flexibility index (Phi) is 4.99. The topological polar surface area (TPSA) is 15.3 Å². The van der Waals surface area contributed by atoms with Gasteiger partial charge < -0.3 is 10.2 Å². The van der Waals surface area contributed by atoms with Crippen LogP contribution in [0, 0.1) is 0 Å². The van der Waals surface area contributed by atoms with Gasteiger partial charge in [0.1, 0.15) is 0 Å². The molecule has 0 spiro atoms. The summed E-state index contributed by atoms with van der Waals surface area (Å²) in [5, 5.41) is 5.63. The summed E-state index contributed by atoms with van der Waals surface area (Å²) in [5.74, 6) is 0. The molecule has 1 heterocycles. The predicted molar refractivity (Wildman–Crippen MR) is 95.0 cm³/mol. The van der Waals surface area contributed by atoms with E-state index in [-0.39, 0.29) is 0 Å². The summed E-state index contributed by atoms with van der Waals surface area (Å²) in [6.45, 7) is 5.12. The first-order valence-electron chi connectivity index (χ1n) is 7.56. The van der Waals surface area contributed by atoms with E-state index in [1.165, 1.54) is 29.0 Å². The lowest BCUT2D eigenvalue weighted by Gasteiger charge is -2.27. The van der Waals surface area contributed by atoms with E-state index >= 15 is 0 Å². The van der Waals surface area contributed by atoms with Crippen LogP contribution in [-0.4, -0.2) is 12.6 Å². The van der Waals surface area contributed by atoms with Crippen molar-refractivity contribution in [1.82, 2.24) is 5.32 Å². The number of hydrogen-bond acceptors (Lipinski definition) is 3. The Bertz CT molecular complexity index is 578. The van der Waals surface area contributed by atoms with Gasteiger partial charge in [-0.3, -0.25) is 0 Å². The standard InChI is InChI=1S/C17H21BrN2S/c1-2-19-11-13-5-6-14(18)10-17(13)20(15-7-8-15)12-16-4-3-9-21-16/h3-6,9-10,15,19H,2,7-8,11-12H2,1H3. The molecule has 112 valence electrons. The molecule has 0 saturated heterocycles. The number of halogens is 1. The van der Waals surface area contributed by atoms with Gasteiger partial charge in [-0.1, -0.05) is 35.0 Å². The number of hydrogen-bond donors (Lipinski definition) is 1. The van der Waals surface area contributed by atoms with E-state index in [0.29, 0.717) is 6.04 Å². The fraction of sp³-hybridized carbons (Fsp3) is 0.412. The van der Waals surface area contributed by atoms with Crippen LogP contribution in [0.2, 0.25) is 0 Å². The van der Waals surface area contributed by atoms with Crippen LogP contribution < -0.4 is 10.2 Å². The smallest absolute Gasteiger partial charge is 0.0526 e. The SMILES string of the molecule is CCNCc1ccc(Br)cc1N(Cc1cccs1)C1CC1. The van der Waals surface area contributed by atoms with Crippen molar-refractivity contribution in [3.63, 3.8) is 0 Å². The molecular weight excluding hydrogens is 344 g/mol. The van der Waals surface area contributed by atoms with Gasteiger partial charge in [0.05, 0.1) is 6.54 Å². The lowest BCUT2D eigenvalue weighted by atomic mass is 10.1. The molecule has 0 aliphatic heterocycles. The number of benzene rings is 1. The summed E-state index contributed by atoms with van der Waals surface area (Å²) in [4.78, 5) is 4.03. The molecule has 1 fully saturated rings. The minimum Gasteiger partial charge on any atom is -0.363 e. The Hall–Kier alpha value is -0.840. The Morgan fingerprint density at radius 3 is 2.86 bits per heavy atom. The second-order valence-corrected chi connectivity index (χ2v) is 7.44. The molecule has 0 unspecified atom stereocenters. The first-order valence-corrected chi connectivity index (χ1v) is 9.23. The average molecular weight is 365 g/mol. The van der Waals surface area contributed by atoms with E-state index in [2.05, 4.69) is 68.8 Å². The zero-order chi connectivity index (χ0) is 14.7. The first-order chi connectivity index (χ1) is 10.3. The lowest BCUT2D eigenvalue weighted by Crippen LogP contribution is -2.26. The zero-order valence-corrected chi connectivity index (χ0v) is 14.7. The Balaban J connectivity index is 1.88. The van der Waals surface area contributed by atoms with Gasteiger partial charge in [-0.25, -0.2) is 0 Å². The monoisotopic (exact) mass is 364 g/mol. The van der Waals surface area contributed by atoms with Crippen LogP contribution in [0.4, 0.5) is 5.69 Å². The highest BCUT2D eigenvalue weighted by molar-refractivity contribution is 9.10. The van der Waals surface area contributed by atoms with E-state index in [1.54, 1.807) is 0 Å². The Morgan fingerprint density at radius 2 is 2.19 bits per heavy atom. The summed E-state index contributed by atoms with van der Waals surface area (Å²) in [7, 11) is 0. The van der Waals surface area contributed by atoms with E-state index in [0.717, 1.165) is 24.1 Å². The van der Waals surface area contributed by atoms with Crippen LogP contribution in [0.15, 0.2) is 40.2 Å². The summed E-state index contributed by atoms with van der Waals surface area (Å²) in [6, 6.07) is 11.8. The average Bonchev–Trinajstić information content (AvgIpc) is 3.20. The van der Waals surface area contributed by atoms with Crippen LogP contribution in [0.25, 0.3) is 0 Å². The van der Waals surface area contributed by atoms with E-state index in [1.807, 2.05) is 11.3 Å². The molecule has 1 aliphatic rings. The summed E-state index contributed by atoms with van der Waals surface area (Å²) in [5.41, 5.74) is 2.77. The number of thiophene rings is 1. The third-order valence-electron chi connectivity index (χ3n) is 3.82. The highest BCUT2D eigenvalue weighted by Gasteiger charge is 2.30. The van der Waals surface area contributed by atoms with Gasteiger partial charge in [-0.05, 0) is 48.5 Å². The molecule has 1 saturated carbocycles. The number of rotatable bonds is 7. The van der Waals surface area contributed by atoms with Crippen LogP contribution in [0.1, 0.15) is 30.2 Å². The normalized spacial score (nSPS) is 14.4. The maximum Gasteiger partial charge on any atom is 0.0526 e. The van der Waals surface area contributed by atoms with Crippen molar-refractivity contribution in [3.8, 4) is 0 Å². The van der Waals surface area contributed by atoms with Gasteiger partial charge in [-0.2, -0.15) is 0 Å². The second-order valence-electron chi connectivity index (χ2n) is 5.49. The third kappa shape index (κ3) is 3.87. The van der Waals surface area contributed by atoms with E-state index < -0.39 is 0 Å². The van der Waals surface area contributed by atoms with Crippen LogP contribution in [0.5, 0.6) is 0 Å². The molecule has 0 atom stereocenters. The molecule has 2 aromatic rings. The number of anilines is 1. The minimum absolute atomic E-state index is 0.710. The Morgan fingerprint density at radius 1 is 1.33 bits per heavy atom. The van der Waals surface area contributed by atoms with Crippen molar-refractivity contribution in [2.75, 3.05) is 11.4 Å². The van der Waals surface area contributed by atoms with Crippen molar-refractivity contribution < 1.29 is 0 Å². The molecule has 1 aromatic heterocycles.